The van der Waals surface area contributed by atoms with Crippen LogP contribution in [-0.4, -0.2) is 24.3 Å². The van der Waals surface area contributed by atoms with E-state index in [1.165, 1.54) is 11.1 Å². The Kier molecular flexibility index (Phi) is 7.47. The summed E-state index contributed by atoms with van der Waals surface area (Å²) in [6, 6.07) is 15.5. The number of amides is 1. The van der Waals surface area contributed by atoms with Crippen molar-refractivity contribution in [3.8, 4) is 5.75 Å². The lowest BCUT2D eigenvalue weighted by molar-refractivity contribution is -0.127. The van der Waals surface area contributed by atoms with Gasteiger partial charge in [-0.1, -0.05) is 41.4 Å². The zero-order valence-electron chi connectivity index (χ0n) is 13.9. The maximum Gasteiger partial charge on any atom is 0.260 e. The van der Waals surface area contributed by atoms with Crippen LogP contribution in [0.4, 0.5) is 0 Å². The molecule has 0 unspecified atom stereocenters. The molecule has 0 saturated carbocycles. The number of rotatable bonds is 8. The highest BCUT2D eigenvalue weighted by Crippen LogP contribution is 2.17. The topological polar surface area (TPSA) is 38.3 Å². The molecule has 0 heterocycles. The number of halogens is 1. The van der Waals surface area contributed by atoms with Gasteiger partial charge in [0.15, 0.2) is 6.10 Å². The first-order valence-corrected chi connectivity index (χ1v) is 9.41. The van der Waals surface area contributed by atoms with E-state index >= 15 is 0 Å². The quantitative estimate of drug-likeness (QED) is 0.703. The monoisotopic (exact) mass is 363 g/mol. The predicted molar refractivity (Wildman–Crippen MR) is 102 cm³/mol. The van der Waals surface area contributed by atoms with Crippen LogP contribution in [0.2, 0.25) is 5.02 Å². The molecule has 0 fully saturated rings. The van der Waals surface area contributed by atoms with Crippen LogP contribution in [0.1, 0.15) is 18.1 Å². The predicted octanol–water partition coefficient (Wildman–Crippen LogP) is 4.47. The lowest BCUT2D eigenvalue weighted by atomic mass is 10.2. The molecule has 0 bridgehead atoms. The van der Waals surface area contributed by atoms with Gasteiger partial charge < -0.3 is 10.1 Å². The number of ether oxygens (including phenoxy) is 1. The van der Waals surface area contributed by atoms with Crippen LogP contribution in [0.5, 0.6) is 5.75 Å². The zero-order valence-corrected chi connectivity index (χ0v) is 15.5. The lowest BCUT2D eigenvalue weighted by Gasteiger charge is -2.14. The van der Waals surface area contributed by atoms with E-state index in [9.17, 15) is 4.79 Å². The largest absolute Gasteiger partial charge is 0.481 e. The molecule has 1 atom stereocenters. The smallest absolute Gasteiger partial charge is 0.260 e. The van der Waals surface area contributed by atoms with Crippen LogP contribution >= 0.6 is 23.4 Å². The van der Waals surface area contributed by atoms with Crippen molar-refractivity contribution in [2.75, 3.05) is 12.3 Å². The third-order valence-corrected chi connectivity index (χ3v) is 4.67. The van der Waals surface area contributed by atoms with Gasteiger partial charge in [0.25, 0.3) is 5.91 Å². The minimum absolute atomic E-state index is 0.110. The number of carbonyl (C=O) groups is 1. The van der Waals surface area contributed by atoms with Crippen molar-refractivity contribution in [1.29, 1.82) is 0 Å². The highest BCUT2D eigenvalue weighted by atomic mass is 35.5. The van der Waals surface area contributed by atoms with Crippen LogP contribution in [0, 0.1) is 6.92 Å². The Balaban J connectivity index is 1.64. The molecule has 0 aliphatic rings. The first-order valence-electron chi connectivity index (χ1n) is 7.88. The molecule has 128 valence electrons. The van der Waals surface area contributed by atoms with Gasteiger partial charge in [-0.05, 0) is 43.7 Å². The maximum atomic E-state index is 12.0. The Bertz CT molecular complexity index is 661. The van der Waals surface area contributed by atoms with Crippen LogP contribution in [-0.2, 0) is 10.5 Å². The second-order valence-electron chi connectivity index (χ2n) is 5.55. The number of hydrogen-bond acceptors (Lipinski definition) is 3. The van der Waals surface area contributed by atoms with Gasteiger partial charge in [0.2, 0.25) is 0 Å². The summed E-state index contributed by atoms with van der Waals surface area (Å²) in [5.41, 5.74) is 2.58. The minimum atomic E-state index is -0.534. The van der Waals surface area contributed by atoms with Gasteiger partial charge in [0.05, 0.1) is 0 Å². The molecule has 5 heteroatoms. The van der Waals surface area contributed by atoms with E-state index < -0.39 is 6.10 Å². The zero-order chi connectivity index (χ0) is 17.4. The van der Waals surface area contributed by atoms with E-state index in [-0.39, 0.29) is 5.91 Å². The van der Waals surface area contributed by atoms with Crippen molar-refractivity contribution in [3.63, 3.8) is 0 Å². The van der Waals surface area contributed by atoms with E-state index in [0.29, 0.717) is 17.3 Å². The van der Waals surface area contributed by atoms with Gasteiger partial charge >= 0.3 is 0 Å². The third-order valence-electron chi connectivity index (χ3n) is 3.39. The van der Waals surface area contributed by atoms with Crippen molar-refractivity contribution in [2.24, 2.45) is 0 Å². The van der Waals surface area contributed by atoms with Gasteiger partial charge in [0, 0.05) is 23.1 Å². The van der Waals surface area contributed by atoms with E-state index in [1.807, 2.05) is 0 Å². The van der Waals surface area contributed by atoms with Crippen LogP contribution < -0.4 is 10.1 Å². The van der Waals surface area contributed by atoms with Crippen molar-refractivity contribution in [2.45, 2.75) is 25.7 Å². The van der Waals surface area contributed by atoms with E-state index in [4.69, 9.17) is 16.3 Å². The first-order chi connectivity index (χ1) is 11.5. The molecule has 2 aromatic rings. The molecule has 1 N–H and O–H groups in total. The molecule has 0 radical (unpaired) electrons. The summed E-state index contributed by atoms with van der Waals surface area (Å²) in [6.07, 6.45) is -0.534. The summed E-state index contributed by atoms with van der Waals surface area (Å²) in [5.74, 6) is 2.35. The van der Waals surface area contributed by atoms with Crippen molar-refractivity contribution >= 4 is 29.3 Å². The molecule has 3 nitrogen and oxygen atoms in total. The molecule has 0 spiro atoms. The Morgan fingerprint density at radius 1 is 1.25 bits per heavy atom. The van der Waals surface area contributed by atoms with Crippen molar-refractivity contribution < 1.29 is 9.53 Å². The summed E-state index contributed by atoms with van der Waals surface area (Å²) in [7, 11) is 0. The Labute approximate surface area is 152 Å². The molecule has 0 saturated heterocycles. The highest BCUT2D eigenvalue weighted by Gasteiger charge is 2.13. The fourth-order valence-electron chi connectivity index (χ4n) is 2.15. The molecule has 0 aliphatic carbocycles. The lowest BCUT2D eigenvalue weighted by Crippen LogP contribution is -2.37. The normalized spacial score (nSPS) is 11.8. The first kappa shape index (κ1) is 18.7. The number of aryl methyl sites for hydroxylation is 1. The van der Waals surface area contributed by atoms with E-state index in [1.54, 1.807) is 43.0 Å². The van der Waals surface area contributed by atoms with Gasteiger partial charge in [-0.25, -0.2) is 0 Å². The summed E-state index contributed by atoms with van der Waals surface area (Å²) in [6.45, 7) is 4.46. The van der Waals surface area contributed by atoms with Gasteiger partial charge in [-0.3, -0.25) is 4.79 Å². The number of thioether (sulfide) groups is 1. The number of benzene rings is 2. The van der Waals surface area contributed by atoms with Gasteiger partial charge in [-0.2, -0.15) is 11.8 Å². The number of nitrogens with one attached hydrogen (secondary N) is 1. The standard InChI is InChI=1S/C19H22ClNO2S/c1-14-4-3-5-16(12-14)13-24-11-10-21-19(22)15(2)23-18-8-6-17(20)7-9-18/h3-9,12,15H,10-11,13H2,1-2H3,(H,21,22)/t15-/m0/s1. The van der Waals surface area contributed by atoms with Gasteiger partial charge in [0.1, 0.15) is 5.75 Å². The SMILES string of the molecule is Cc1cccc(CSCCNC(=O)[C@H](C)Oc2ccc(Cl)cc2)c1. The molecule has 2 aromatic carbocycles. The molecule has 0 aromatic heterocycles. The van der Waals surface area contributed by atoms with Crippen LogP contribution in [0.15, 0.2) is 48.5 Å². The molecule has 1 amide bonds. The Morgan fingerprint density at radius 3 is 2.71 bits per heavy atom. The highest BCUT2D eigenvalue weighted by molar-refractivity contribution is 7.98. The van der Waals surface area contributed by atoms with Crippen molar-refractivity contribution in [3.05, 3.63) is 64.7 Å². The molecular weight excluding hydrogens is 342 g/mol. The van der Waals surface area contributed by atoms with Crippen LogP contribution in [0.3, 0.4) is 0 Å². The molecule has 0 aliphatic heterocycles. The third kappa shape index (κ3) is 6.46. The average Bonchev–Trinajstić information content (AvgIpc) is 2.56. The van der Waals surface area contributed by atoms with Gasteiger partial charge in [-0.15, -0.1) is 0 Å². The van der Waals surface area contributed by atoms with E-state index in [2.05, 4.69) is 36.5 Å². The fourth-order valence-corrected chi connectivity index (χ4v) is 3.08. The molecular formula is C19H22ClNO2S. The van der Waals surface area contributed by atoms with Crippen molar-refractivity contribution in [1.82, 2.24) is 5.32 Å². The molecule has 24 heavy (non-hydrogen) atoms. The summed E-state index contributed by atoms with van der Waals surface area (Å²) >= 11 is 7.63. The average molecular weight is 364 g/mol. The molecule has 2 rings (SSSR count). The Hall–Kier alpha value is -1.65. The minimum Gasteiger partial charge on any atom is -0.481 e. The maximum absolute atomic E-state index is 12.0. The number of carbonyl (C=O) groups excluding carboxylic acids is 1. The second-order valence-corrected chi connectivity index (χ2v) is 7.09. The fraction of sp³-hybridized carbons (Fsp3) is 0.316. The Morgan fingerprint density at radius 2 is 2.00 bits per heavy atom. The number of hydrogen-bond donors (Lipinski definition) is 1. The summed E-state index contributed by atoms with van der Waals surface area (Å²) < 4.78 is 5.59. The van der Waals surface area contributed by atoms with Crippen LogP contribution in [0.25, 0.3) is 0 Å². The summed E-state index contributed by atoms with van der Waals surface area (Å²) in [5, 5.41) is 3.54. The van der Waals surface area contributed by atoms with E-state index in [0.717, 1.165) is 11.5 Å². The second kappa shape index (κ2) is 9.60. The summed E-state index contributed by atoms with van der Waals surface area (Å²) in [4.78, 5) is 12.0.